The molecule has 1 aliphatic heterocycles. The topological polar surface area (TPSA) is 77.0 Å². The first-order valence-corrected chi connectivity index (χ1v) is 12.0. The normalized spacial score (nSPS) is 37.1. The Balaban J connectivity index is 1.23. The number of likely N-dealkylation sites (N-methyl/N-ethyl adjacent to an activating group) is 1. The van der Waals surface area contributed by atoms with Crippen molar-refractivity contribution in [2.75, 3.05) is 40.8 Å². The van der Waals surface area contributed by atoms with Crippen LogP contribution in [0.1, 0.15) is 45.4 Å². The van der Waals surface area contributed by atoms with Gasteiger partial charge in [-0.15, -0.1) is 0 Å². The van der Waals surface area contributed by atoms with E-state index in [0.29, 0.717) is 13.1 Å². The van der Waals surface area contributed by atoms with E-state index in [2.05, 4.69) is 53.7 Å². The highest BCUT2D eigenvalue weighted by molar-refractivity contribution is 6.06. The van der Waals surface area contributed by atoms with Crippen molar-refractivity contribution in [3.63, 3.8) is 0 Å². The summed E-state index contributed by atoms with van der Waals surface area (Å²) in [5, 5.41) is 6.89. The van der Waals surface area contributed by atoms with Gasteiger partial charge in [-0.1, -0.05) is 31.9 Å². The fourth-order valence-corrected chi connectivity index (χ4v) is 6.45. The minimum atomic E-state index is -0.0926. The van der Waals surface area contributed by atoms with Crippen LogP contribution < -0.4 is 10.6 Å². The van der Waals surface area contributed by atoms with Crippen LogP contribution in [0.2, 0.25) is 0 Å². The van der Waals surface area contributed by atoms with Gasteiger partial charge in [0.25, 0.3) is 0 Å². The first-order valence-electron chi connectivity index (χ1n) is 12.0. The lowest BCUT2D eigenvalue weighted by Crippen LogP contribution is -2.56. The number of carbonyl (C=O) groups excluding carboxylic acids is 2. The van der Waals surface area contributed by atoms with Crippen molar-refractivity contribution in [1.82, 2.24) is 20.4 Å². The van der Waals surface area contributed by atoms with E-state index in [1.165, 1.54) is 30.6 Å². The number of amides is 2. The summed E-state index contributed by atoms with van der Waals surface area (Å²) in [5.41, 5.74) is 0.162. The molecule has 172 valence electrons. The molecule has 6 atom stereocenters. The maximum atomic E-state index is 12.8. The lowest BCUT2D eigenvalue weighted by Gasteiger charge is -2.45. The second-order valence-corrected chi connectivity index (χ2v) is 10.4. The Hall–Kier alpha value is -1.89. The Morgan fingerprint density at radius 1 is 1.19 bits per heavy atom. The van der Waals surface area contributed by atoms with Crippen molar-refractivity contribution in [1.29, 1.82) is 0 Å². The van der Waals surface area contributed by atoms with Gasteiger partial charge in [-0.2, -0.15) is 0 Å². The van der Waals surface area contributed by atoms with Crippen LogP contribution in [0.4, 0.5) is 0 Å². The first kappa shape index (κ1) is 22.3. The van der Waals surface area contributed by atoms with E-state index in [1.54, 1.807) is 7.05 Å². The molecule has 4 rings (SSSR count). The number of rotatable bonds is 7. The third kappa shape index (κ3) is 4.13. The second kappa shape index (κ2) is 8.93. The number of fused-ring (bicyclic) bond motifs is 5. The predicted octanol–water partition coefficient (Wildman–Crippen LogP) is 1.86. The summed E-state index contributed by atoms with van der Waals surface area (Å²) in [5.74, 6) is 2.01. The number of nitrogens with zero attached hydrogens (tertiary/aromatic N) is 3. The Morgan fingerprint density at radius 3 is 2.45 bits per heavy atom. The van der Waals surface area contributed by atoms with Crippen LogP contribution >= 0.6 is 0 Å². The molecular formula is C24H39N5O2. The molecule has 0 radical (unpaired) electrons. The zero-order chi connectivity index (χ0) is 22.2. The van der Waals surface area contributed by atoms with Crippen molar-refractivity contribution in [2.45, 2.75) is 51.0 Å². The minimum Gasteiger partial charge on any atom is -0.356 e. The van der Waals surface area contributed by atoms with E-state index < -0.39 is 0 Å². The Kier molecular flexibility index (Phi) is 6.42. The third-order valence-corrected chi connectivity index (χ3v) is 8.24. The van der Waals surface area contributed by atoms with Gasteiger partial charge in [0.2, 0.25) is 11.8 Å². The van der Waals surface area contributed by atoms with Crippen LogP contribution in [0.3, 0.4) is 0 Å². The molecule has 2 amide bonds. The number of hydrogen-bond acceptors (Lipinski definition) is 4. The Labute approximate surface area is 186 Å². The molecule has 1 saturated heterocycles. The van der Waals surface area contributed by atoms with Gasteiger partial charge in [-0.05, 0) is 57.5 Å². The van der Waals surface area contributed by atoms with Gasteiger partial charge in [-0.3, -0.25) is 19.5 Å². The number of nitrogens with one attached hydrogen (secondary N) is 2. The number of likely N-dealkylation sites (tertiary alicyclic amines) is 1. The van der Waals surface area contributed by atoms with Crippen LogP contribution in [-0.2, 0) is 9.59 Å². The van der Waals surface area contributed by atoms with Gasteiger partial charge in [0.05, 0.1) is 11.8 Å². The maximum Gasteiger partial charge on any atom is 0.233 e. The molecule has 3 fully saturated rings. The Bertz CT molecular complexity index is 733. The highest BCUT2D eigenvalue weighted by atomic mass is 16.2. The van der Waals surface area contributed by atoms with Crippen LogP contribution in [-0.4, -0.2) is 73.9 Å². The van der Waals surface area contributed by atoms with E-state index in [0.717, 1.165) is 31.3 Å². The first-order chi connectivity index (χ1) is 14.9. The molecule has 6 unspecified atom stereocenters. The average Bonchev–Trinajstić information content (AvgIpc) is 3.42. The summed E-state index contributed by atoms with van der Waals surface area (Å²) in [6.07, 6.45) is 11.0. The quantitative estimate of drug-likeness (QED) is 0.212. The number of guanidine groups is 1. The fraction of sp³-hybridized carbons (Fsp3) is 0.792. The maximum absolute atomic E-state index is 12.8. The summed E-state index contributed by atoms with van der Waals surface area (Å²) < 4.78 is 0. The van der Waals surface area contributed by atoms with Gasteiger partial charge in [0.1, 0.15) is 0 Å². The van der Waals surface area contributed by atoms with Crippen molar-refractivity contribution < 1.29 is 9.59 Å². The summed E-state index contributed by atoms with van der Waals surface area (Å²) in [6.45, 7) is 4.39. The molecule has 0 spiro atoms. The van der Waals surface area contributed by atoms with E-state index >= 15 is 0 Å². The van der Waals surface area contributed by atoms with Crippen LogP contribution in [0.5, 0.6) is 0 Å². The Morgan fingerprint density at radius 2 is 1.87 bits per heavy atom. The number of hydrogen-bond donors (Lipinski definition) is 2. The van der Waals surface area contributed by atoms with E-state index in [4.69, 9.17) is 0 Å². The smallest absolute Gasteiger partial charge is 0.233 e. The van der Waals surface area contributed by atoms with E-state index in [1.807, 2.05) is 0 Å². The van der Waals surface area contributed by atoms with Crippen molar-refractivity contribution in [3.8, 4) is 0 Å². The lowest BCUT2D eigenvalue weighted by atomic mass is 9.75. The van der Waals surface area contributed by atoms with Gasteiger partial charge >= 0.3 is 0 Å². The summed E-state index contributed by atoms with van der Waals surface area (Å²) in [7, 11) is 6.15. The molecule has 7 nitrogen and oxygen atoms in total. The zero-order valence-corrected chi connectivity index (χ0v) is 19.6. The largest absolute Gasteiger partial charge is 0.356 e. The van der Waals surface area contributed by atoms with Crippen molar-refractivity contribution in [2.24, 2.45) is 34.6 Å². The minimum absolute atomic E-state index is 0.0497. The molecule has 1 heterocycles. The molecule has 7 heteroatoms. The van der Waals surface area contributed by atoms with Gasteiger partial charge < -0.3 is 15.5 Å². The zero-order valence-electron chi connectivity index (χ0n) is 19.6. The van der Waals surface area contributed by atoms with E-state index in [-0.39, 0.29) is 41.0 Å². The number of aliphatic imine (C=N–C) groups is 1. The molecule has 2 saturated carbocycles. The molecule has 0 aromatic heterocycles. The number of carbonyl (C=O) groups is 2. The predicted molar refractivity (Wildman–Crippen MR) is 122 cm³/mol. The average molecular weight is 430 g/mol. The molecular weight excluding hydrogens is 390 g/mol. The SMILES string of the molecule is CN=C(NCCCN1C(=O)C2C3C=CC(C3)C2C1=O)NCC1(N(C)C)CCCC(C)C1. The molecule has 3 aliphatic carbocycles. The fourth-order valence-electron chi connectivity index (χ4n) is 6.45. The van der Waals surface area contributed by atoms with Crippen LogP contribution in [0.25, 0.3) is 0 Å². The summed E-state index contributed by atoms with van der Waals surface area (Å²) in [6, 6.07) is 0. The summed E-state index contributed by atoms with van der Waals surface area (Å²) >= 11 is 0. The molecule has 0 aromatic carbocycles. The van der Waals surface area contributed by atoms with Crippen LogP contribution in [0, 0.1) is 29.6 Å². The van der Waals surface area contributed by atoms with Crippen molar-refractivity contribution >= 4 is 17.8 Å². The standard InChI is InChI=1S/C24H39N5O2/c1-16-7-5-10-24(14-16,28(3)4)15-27-23(25-2)26-11-6-12-29-21(30)19-17-8-9-18(13-17)20(19)22(29)31/h8-9,16-20H,5-7,10-15H2,1-4H3,(H2,25,26,27). The summed E-state index contributed by atoms with van der Waals surface area (Å²) in [4.78, 5) is 33.8. The second-order valence-electron chi connectivity index (χ2n) is 10.4. The monoisotopic (exact) mass is 429 g/mol. The molecule has 2 N–H and O–H groups in total. The van der Waals surface area contributed by atoms with Gasteiger partial charge in [0, 0.05) is 32.2 Å². The van der Waals surface area contributed by atoms with Crippen LogP contribution in [0.15, 0.2) is 17.1 Å². The highest BCUT2D eigenvalue weighted by Crippen LogP contribution is 2.52. The van der Waals surface area contributed by atoms with E-state index in [9.17, 15) is 9.59 Å². The molecule has 0 aromatic rings. The van der Waals surface area contributed by atoms with Gasteiger partial charge in [0.15, 0.2) is 5.96 Å². The van der Waals surface area contributed by atoms with Crippen molar-refractivity contribution in [3.05, 3.63) is 12.2 Å². The highest BCUT2D eigenvalue weighted by Gasteiger charge is 2.58. The molecule has 31 heavy (non-hydrogen) atoms. The molecule has 2 bridgehead atoms. The number of imide groups is 1. The third-order valence-electron chi connectivity index (χ3n) is 8.24. The van der Waals surface area contributed by atoms with Gasteiger partial charge in [-0.25, -0.2) is 0 Å². The molecule has 4 aliphatic rings. The number of allylic oxidation sites excluding steroid dienone is 2. The lowest BCUT2D eigenvalue weighted by molar-refractivity contribution is -0.140.